The van der Waals surface area contributed by atoms with Gasteiger partial charge in [-0.15, -0.1) is 0 Å². The summed E-state index contributed by atoms with van der Waals surface area (Å²) < 4.78 is 5.70. The van der Waals surface area contributed by atoms with Crippen LogP contribution in [0.3, 0.4) is 0 Å². The van der Waals surface area contributed by atoms with Gasteiger partial charge in [-0.3, -0.25) is 14.7 Å². The van der Waals surface area contributed by atoms with Gasteiger partial charge in [0.15, 0.2) is 5.17 Å². The highest BCUT2D eigenvalue weighted by atomic mass is 32.2. The largest absolute Gasteiger partial charge is 0.493 e. The van der Waals surface area contributed by atoms with E-state index in [9.17, 15) is 4.79 Å². The van der Waals surface area contributed by atoms with Gasteiger partial charge in [0.05, 0.1) is 11.5 Å². The zero-order valence-corrected chi connectivity index (χ0v) is 16.8. The molecule has 1 saturated heterocycles. The first-order valence-electron chi connectivity index (χ1n) is 8.81. The van der Waals surface area contributed by atoms with Gasteiger partial charge in [0.1, 0.15) is 5.75 Å². The standard InChI is InChI=1S/C20H28N2O2S/c1-13(2)12-24-17-9-7-16(8-10-17)11-18-19(23)22(15(5)6)20(25-18)21-14(3)4/h7-11,13-15H,12H2,1-6H3/b18-11+,21-20?. The van der Waals surface area contributed by atoms with Gasteiger partial charge >= 0.3 is 0 Å². The molecule has 1 aromatic rings. The number of benzene rings is 1. The van der Waals surface area contributed by atoms with E-state index < -0.39 is 0 Å². The van der Waals surface area contributed by atoms with E-state index in [1.807, 2.05) is 58.0 Å². The molecular weight excluding hydrogens is 332 g/mol. The molecule has 1 aliphatic heterocycles. The average Bonchev–Trinajstić information content (AvgIpc) is 2.81. The van der Waals surface area contributed by atoms with Crippen LogP contribution in [0.1, 0.15) is 47.1 Å². The Labute approximate surface area is 155 Å². The van der Waals surface area contributed by atoms with Crippen molar-refractivity contribution in [3.63, 3.8) is 0 Å². The predicted octanol–water partition coefficient (Wildman–Crippen LogP) is 4.81. The number of carbonyl (C=O) groups excluding carboxylic acids is 1. The van der Waals surface area contributed by atoms with Crippen LogP contribution < -0.4 is 4.74 Å². The summed E-state index contributed by atoms with van der Waals surface area (Å²) in [7, 11) is 0. The molecule has 1 aliphatic rings. The normalized spacial score (nSPS) is 18.4. The van der Waals surface area contributed by atoms with Gasteiger partial charge in [0, 0.05) is 12.1 Å². The van der Waals surface area contributed by atoms with Crippen LogP contribution in [-0.2, 0) is 4.79 Å². The molecule has 0 atom stereocenters. The maximum Gasteiger partial charge on any atom is 0.266 e. The van der Waals surface area contributed by atoms with Crippen LogP contribution in [0.2, 0.25) is 0 Å². The number of rotatable bonds is 6. The smallest absolute Gasteiger partial charge is 0.266 e. The molecule has 25 heavy (non-hydrogen) atoms. The van der Waals surface area contributed by atoms with Gasteiger partial charge in [0.25, 0.3) is 5.91 Å². The molecule has 1 heterocycles. The number of nitrogens with zero attached hydrogens (tertiary/aromatic N) is 2. The fourth-order valence-electron chi connectivity index (χ4n) is 2.33. The molecule has 2 rings (SSSR count). The molecule has 0 spiro atoms. The molecule has 1 amide bonds. The van der Waals surface area contributed by atoms with E-state index in [2.05, 4.69) is 18.8 Å². The Morgan fingerprint density at radius 1 is 1.12 bits per heavy atom. The van der Waals surface area contributed by atoms with Crippen molar-refractivity contribution in [1.82, 2.24) is 4.90 Å². The van der Waals surface area contributed by atoms with Crippen LogP contribution >= 0.6 is 11.8 Å². The van der Waals surface area contributed by atoms with Crippen molar-refractivity contribution in [3.05, 3.63) is 34.7 Å². The summed E-state index contributed by atoms with van der Waals surface area (Å²) in [5, 5.41) is 0.790. The highest BCUT2D eigenvalue weighted by Crippen LogP contribution is 2.34. The fourth-order valence-corrected chi connectivity index (χ4v) is 3.56. The van der Waals surface area contributed by atoms with Crippen molar-refractivity contribution < 1.29 is 9.53 Å². The van der Waals surface area contributed by atoms with Gasteiger partial charge in [0.2, 0.25) is 0 Å². The number of thioether (sulfide) groups is 1. The highest BCUT2D eigenvalue weighted by molar-refractivity contribution is 8.18. The molecule has 0 saturated carbocycles. The first-order chi connectivity index (χ1) is 11.8. The number of aliphatic imine (C=N–C) groups is 1. The summed E-state index contributed by atoms with van der Waals surface area (Å²) in [6.45, 7) is 13.0. The summed E-state index contributed by atoms with van der Waals surface area (Å²) in [5.74, 6) is 1.38. The van der Waals surface area contributed by atoms with Gasteiger partial charge in [-0.05, 0) is 69.1 Å². The van der Waals surface area contributed by atoms with Gasteiger partial charge in [-0.2, -0.15) is 0 Å². The fraction of sp³-hybridized carbons (Fsp3) is 0.500. The lowest BCUT2D eigenvalue weighted by atomic mass is 10.2. The molecule has 1 fully saturated rings. The Morgan fingerprint density at radius 3 is 2.28 bits per heavy atom. The zero-order valence-electron chi connectivity index (χ0n) is 15.9. The second-order valence-electron chi connectivity index (χ2n) is 7.16. The van der Waals surface area contributed by atoms with Crippen LogP contribution in [0.15, 0.2) is 34.2 Å². The molecule has 0 aromatic heterocycles. The molecule has 0 radical (unpaired) electrons. The Balaban J connectivity index is 2.18. The second-order valence-corrected chi connectivity index (χ2v) is 8.17. The van der Waals surface area contributed by atoms with Crippen molar-refractivity contribution in [1.29, 1.82) is 0 Å². The van der Waals surface area contributed by atoms with Crippen LogP contribution in [0.4, 0.5) is 0 Å². The van der Waals surface area contributed by atoms with Crippen LogP contribution in [0.5, 0.6) is 5.75 Å². The Hall–Kier alpha value is -1.75. The molecule has 4 nitrogen and oxygen atoms in total. The van der Waals surface area contributed by atoms with E-state index in [0.717, 1.165) is 16.5 Å². The van der Waals surface area contributed by atoms with Crippen LogP contribution in [0, 0.1) is 5.92 Å². The summed E-state index contributed by atoms with van der Waals surface area (Å²) in [5.41, 5.74) is 0.988. The van der Waals surface area contributed by atoms with E-state index in [-0.39, 0.29) is 18.0 Å². The van der Waals surface area contributed by atoms with Gasteiger partial charge in [-0.25, -0.2) is 0 Å². The summed E-state index contributed by atoms with van der Waals surface area (Å²) in [6.07, 6.45) is 1.93. The maximum atomic E-state index is 12.7. The van der Waals surface area contributed by atoms with E-state index in [1.165, 1.54) is 11.8 Å². The van der Waals surface area contributed by atoms with Crippen LogP contribution in [-0.4, -0.2) is 34.7 Å². The summed E-state index contributed by atoms with van der Waals surface area (Å²) in [6, 6.07) is 8.11. The van der Waals surface area contributed by atoms with Crippen molar-refractivity contribution in [2.75, 3.05) is 6.61 Å². The van der Waals surface area contributed by atoms with Crippen LogP contribution in [0.25, 0.3) is 6.08 Å². The van der Waals surface area contributed by atoms with Crippen molar-refractivity contribution in [2.24, 2.45) is 10.9 Å². The minimum Gasteiger partial charge on any atom is -0.493 e. The first-order valence-corrected chi connectivity index (χ1v) is 9.63. The Kier molecular flexibility index (Phi) is 6.71. The molecular formula is C20H28N2O2S. The number of ether oxygens (including phenoxy) is 1. The van der Waals surface area contributed by atoms with E-state index in [4.69, 9.17) is 4.74 Å². The van der Waals surface area contributed by atoms with Crippen molar-refractivity contribution in [2.45, 2.75) is 53.6 Å². The zero-order chi connectivity index (χ0) is 18.6. The number of hydrogen-bond acceptors (Lipinski definition) is 4. The lowest BCUT2D eigenvalue weighted by Gasteiger charge is -2.20. The molecule has 0 unspecified atom stereocenters. The van der Waals surface area contributed by atoms with E-state index >= 15 is 0 Å². The molecule has 1 aromatic carbocycles. The minimum atomic E-state index is 0.0273. The van der Waals surface area contributed by atoms with Crippen molar-refractivity contribution in [3.8, 4) is 5.75 Å². The van der Waals surface area contributed by atoms with Gasteiger partial charge < -0.3 is 4.74 Å². The molecule has 0 bridgehead atoms. The number of carbonyl (C=O) groups is 1. The van der Waals surface area contributed by atoms with E-state index in [0.29, 0.717) is 17.4 Å². The molecule has 136 valence electrons. The number of amides is 1. The van der Waals surface area contributed by atoms with Crippen molar-refractivity contribution >= 4 is 28.9 Å². The third-order valence-electron chi connectivity index (χ3n) is 3.48. The predicted molar refractivity (Wildman–Crippen MR) is 107 cm³/mol. The third kappa shape index (κ3) is 5.36. The maximum absolute atomic E-state index is 12.7. The Morgan fingerprint density at radius 2 is 1.76 bits per heavy atom. The SMILES string of the molecule is CC(C)COc1ccc(/C=C2/SC(=NC(C)C)N(C(C)C)C2=O)cc1. The molecule has 0 aliphatic carbocycles. The molecule has 5 heteroatoms. The topological polar surface area (TPSA) is 41.9 Å². The Bertz CT molecular complexity index is 661. The lowest BCUT2D eigenvalue weighted by Crippen LogP contribution is -2.35. The quantitative estimate of drug-likeness (QED) is 0.684. The van der Waals surface area contributed by atoms with Gasteiger partial charge in [-0.1, -0.05) is 26.0 Å². The number of hydrogen-bond donors (Lipinski definition) is 0. The molecule has 0 N–H and O–H groups in total. The average molecular weight is 361 g/mol. The monoisotopic (exact) mass is 360 g/mol. The summed E-state index contributed by atoms with van der Waals surface area (Å²) in [4.78, 5) is 19.8. The van der Waals surface area contributed by atoms with E-state index in [1.54, 1.807) is 4.90 Å². The first kappa shape index (κ1) is 19.6. The second kappa shape index (κ2) is 8.56. The lowest BCUT2D eigenvalue weighted by molar-refractivity contribution is -0.123. The third-order valence-corrected chi connectivity index (χ3v) is 4.48. The highest BCUT2D eigenvalue weighted by Gasteiger charge is 2.35. The summed E-state index contributed by atoms with van der Waals surface area (Å²) >= 11 is 1.45. The number of amidine groups is 1. The minimum absolute atomic E-state index is 0.0273.